The molecule has 2 aromatic carbocycles. The molecule has 1 saturated heterocycles. The van der Waals surface area contributed by atoms with Crippen LogP contribution in [0.1, 0.15) is 27.7 Å². The maximum absolute atomic E-state index is 13.4. The molecule has 0 aliphatic carbocycles. The first-order valence-electron chi connectivity index (χ1n) is 10.2. The molecule has 1 atom stereocenters. The van der Waals surface area contributed by atoms with E-state index in [1.54, 1.807) is 47.4 Å². The van der Waals surface area contributed by atoms with Crippen LogP contribution in [0.5, 0.6) is 0 Å². The maximum Gasteiger partial charge on any atom is 0.290 e. The van der Waals surface area contributed by atoms with Gasteiger partial charge in [-0.05, 0) is 29.8 Å². The minimum absolute atomic E-state index is 0.0988. The van der Waals surface area contributed by atoms with Gasteiger partial charge in [0.05, 0.1) is 40.3 Å². The number of nitrogens with zero attached hydrogens (tertiary/aromatic N) is 2. The average molecular weight is 459 g/mol. The minimum Gasteiger partial charge on any atom is -0.450 e. The van der Waals surface area contributed by atoms with Gasteiger partial charge in [-0.25, -0.2) is 0 Å². The zero-order valence-electron chi connectivity index (χ0n) is 16.6. The molecule has 1 aromatic heterocycles. The first-order chi connectivity index (χ1) is 15.0. The number of para-hydroxylation sites is 1. The Morgan fingerprint density at radius 1 is 0.968 bits per heavy atom. The van der Waals surface area contributed by atoms with Crippen LogP contribution in [0.25, 0.3) is 11.0 Å². The zero-order chi connectivity index (χ0) is 21.5. The van der Waals surface area contributed by atoms with Crippen LogP contribution >= 0.6 is 23.2 Å². The molecule has 1 fully saturated rings. The Morgan fingerprint density at radius 2 is 1.74 bits per heavy atom. The molecule has 6 nitrogen and oxygen atoms in total. The van der Waals surface area contributed by atoms with Gasteiger partial charge in [0.25, 0.3) is 5.91 Å². The molecule has 0 spiro atoms. The summed E-state index contributed by atoms with van der Waals surface area (Å²) in [5.74, 6) is -0.191. The largest absolute Gasteiger partial charge is 0.450 e. The van der Waals surface area contributed by atoms with Crippen molar-refractivity contribution in [2.75, 3.05) is 39.4 Å². The molecule has 0 N–H and O–H groups in total. The molecule has 3 aromatic rings. The summed E-state index contributed by atoms with van der Waals surface area (Å²) in [6.45, 7) is 4.10. The minimum atomic E-state index is -0.584. The average Bonchev–Trinajstić information content (AvgIpc) is 3.07. The van der Waals surface area contributed by atoms with E-state index in [-0.39, 0.29) is 17.1 Å². The number of halogens is 2. The molecule has 8 heteroatoms. The standard InChI is InChI=1S/C23H20Cl2N2O4/c24-16-6-5-14(13-17(16)25)20-19-21(28)15-3-1-2-4-18(15)31-22(19)23(29)27(20)8-7-26-9-11-30-12-10-26/h1-6,13,20H,7-12H2/t20-/m0/s1. The second kappa shape index (κ2) is 8.28. The monoisotopic (exact) mass is 458 g/mol. The van der Waals surface area contributed by atoms with Crippen LogP contribution in [-0.4, -0.2) is 55.1 Å². The molecule has 0 saturated carbocycles. The van der Waals surface area contributed by atoms with Gasteiger partial charge in [-0.15, -0.1) is 0 Å². The molecule has 0 radical (unpaired) electrons. The molecule has 2 aliphatic heterocycles. The van der Waals surface area contributed by atoms with E-state index in [9.17, 15) is 9.59 Å². The highest BCUT2D eigenvalue weighted by atomic mass is 35.5. The molecule has 3 heterocycles. The van der Waals surface area contributed by atoms with E-state index in [1.165, 1.54) is 0 Å². The third-order valence-corrected chi connectivity index (χ3v) is 6.63. The van der Waals surface area contributed by atoms with E-state index in [0.29, 0.717) is 52.9 Å². The lowest BCUT2D eigenvalue weighted by molar-refractivity contribution is 0.0314. The number of carbonyl (C=O) groups excluding carboxylic acids is 1. The summed E-state index contributed by atoms with van der Waals surface area (Å²) in [5, 5.41) is 1.24. The number of fused-ring (bicyclic) bond motifs is 2. The number of hydrogen-bond donors (Lipinski definition) is 0. The highest BCUT2D eigenvalue weighted by Gasteiger charge is 2.42. The van der Waals surface area contributed by atoms with Crippen LogP contribution in [0.2, 0.25) is 10.0 Å². The predicted molar refractivity (Wildman–Crippen MR) is 119 cm³/mol. The highest BCUT2D eigenvalue weighted by molar-refractivity contribution is 6.42. The summed E-state index contributed by atoms with van der Waals surface area (Å²) in [5.41, 5.74) is 1.28. The SMILES string of the molecule is O=C1c2oc3ccccc3c(=O)c2[C@H](c2ccc(Cl)c(Cl)c2)N1CCN1CCOCC1. The van der Waals surface area contributed by atoms with Crippen molar-refractivity contribution >= 4 is 40.1 Å². The second-order valence-electron chi connectivity index (χ2n) is 7.70. The first-order valence-corrected chi connectivity index (χ1v) is 10.9. The molecule has 0 bridgehead atoms. The van der Waals surface area contributed by atoms with E-state index >= 15 is 0 Å². The van der Waals surface area contributed by atoms with Gasteiger partial charge < -0.3 is 14.1 Å². The fraction of sp³-hybridized carbons (Fsp3) is 0.304. The fourth-order valence-corrected chi connectivity index (χ4v) is 4.61. The van der Waals surface area contributed by atoms with Gasteiger partial charge in [0, 0.05) is 26.2 Å². The van der Waals surface area contributed by atoms with Crippen LogP contribution in [-0.2, 0) is 4.74 Å². The molecule has 5 rings (SSSR count). The summed E-state index contributed by atoms with van der Waals surface area (Å²) < 4.78 is 11.4. The Balaban J connectivity index is 1.61. The van der Waals surface area contributed by atoms with Crippen molar-refractivity contribution in [2.24, 2.45) is 0 Å². The molecule has 1 amide bonds. The quantitative estimate of drug-likeness (QED) is 0.591. The van der Waals surface area contributed by atoms with E-state index in [1.807, 2.05) is 0 Å². The third kappa shape index (κ3) is 3.64. The third-order valence-electron chi connectivity index (χ3n) is 5.89. The highest BCUT2D eigenvalue weighted by Crippen LogP contribution is 2.39. The van der Waals surface area contributed by atoms with Gasteiger partial charge in [0.2, 0.25) is 5.76 Å². The van der Waals surface area contributed by atoms with Crippen LogP contribution in [0, 0.1) is 0 Å². The van der Waals surface area contributed by atoms with E-state index in [4.69, 9.17) is 32.4 Å². The number of carbonyl (C=O) groups is 1. The van der Waals surface area contributed by atoms with Crippen molar-refractivity contribution in [3.8, 4) is 0 Å². The Morgan fingerprint density at radius 3 is 2.52 bits per heavy atom. The number of ether oxygens (including phenoxy) is 1. The molecule has 31 heavy (non-hydrogen) atoms. The number of hydrogen-bond acceptors (Lipinski definition) is 5. The van der Waals surface area contributed by atoms with Gasteiger partial charge >= 0.3 is 0 Å². The lowest BCUT2D eigenvalue weighted by Crippen LogP contribution is -2.42. The summed E-state index contributed by atoms with van der Waals surface area (Å²) in [6, 6.07) is 11.6. The smallest absolute Gasteiger partial charge is 0.290 e. The van der Waals surface area contributed by atoms with Crippen molar-refractivity contribution in [2.45, 2.75) is 6.04 Å². The lowest BCUT2D eigenvalue weighted by Gasteiger charge is -2.31. The van der Waals surface area contributed by atoms with Gasteiger partial charge in [-0.3, -0.25) is 14.5 Å². The number of morpholine rings is 1. The Bertz CT molecular complexity index is 1220. The maximum atomic E-state index is 13.4. The second-order valence-corrected chi connectivity index (χ2v) is 8.51. The van der Waals surface area contributed by atoms with Gasteiger partial charge in [0.15, 0.2) is 5.43 Å². The van der Waals surface area contributed by atoms with Gasteiger partial charge in [-0.2, -0.15) is 0 Å². The van der Waals surface area contributed by atoms with Crippen molar-refractivity contribution in [3.05, 3.63) is 79.6 Å². The van der Waals surface area contributed by atoms with Crippen LogP contribution in [0.4, 0.5) is 0 Å². The van der Waals surface area contributed by atoms with E-state index < -0.39 is 6.04 Å². The van der Waals surface area contributed by atoms with Crippen LogP contribution < -0.4 is 5.43 Å². The van der Waals surface area contributed by atoms with E-state index in [0.717, 1.165) is 18.7 Å². The van der Waals surface area contributed by atoms with Crippen molar-refractivity contribution < 1.29 is 13.9 Å². The lowest BCUT2D eigenvalue weighted by atomic mass is 9.98. The summed E-state index contributed by atoms with van der Waals surface area (Å²) in [4.78, 5) is 30.8. The molecular weight excluding hydrogens is 439 g/mol. The van der Waals surface area contributed by atoms with Crippen molar-refractivity contribution in [3.63, 3.8) is 0 Å². The molecule has 2 aliphatic rings. The first kappa shape index (κ1) is 20.5. The van der Waals surface area contributed by atoms with Gasteiger partial charge in [-0.1, -0.05) is 41.4 Å². The molecule has 160 valence electrons. The van der Waals surface area contributed by atoms with Crippen molar-refractivity contribution in [1.82, 2.24) is 9.80 Å². The fourth-order valence-electron chi connectivity index (χ4n) is 4.30. The van der Waals surface area contributed by atoms with Crippen LogP contribution in [0.3, 0.4) is 0 Å². The number of amides is 1. The summed E-state index contributed by atoms with van der Waals surface area (Å²) >= 11 is 12.4. The molecular formula is C23H20Cl2N2O4. The Hall–Kier alpha value is -2.38. The summed E-state index contributed by atoms with van der Waals surface area (Å²) in [7, 11) is 0. The van der Waals surface area contributed by atoms with E-state index in [2.05, 4.69) is 4.90 Å². The topological polar surface area (TPSA) is 63.0 Å². The van der Waals surface area contributed by atoms with Gasteiger partial charge in [0.1, 0.15) is 5.58 Å². The number of rotatable bonds is 4. The molecule has 0 unspecified atom stereocenters. The van der Waals surface area contributed by atoms with Crippen molar-refractivity contribution in [1.29, 1.82) is 0 Å². The summed E-state index contributed by atoms with van der Waals surface area (Å²) in [6.07, 6.45) is 0. The van der Waals surface area contributed by atoms with Crippen LogP contribution in [0.15, 0.2) is 51.7 Å². The predicted octanol–water partition coefficient (Wildman–Crippen LogP) is 3.98. The Kier molecular flexibility index (Phi) is 5.48. The normalized spacial score (nSPS) is 19.2. The Labute approximate surface area is 188 Å². The number of benzene rings is 2. The zero-order valence-corrected chi connectivity index (χ0v) is 18.2.